The fourth-order valence-electron chi connectivity index (χ4n) is 2.26. The molecule has 0 bridgehead atoms. The Labute approximate surface area is 140 Å². The third-order valence-corrected chi connectivity index (χ3v) is 4.06. The molecule has 4 aromatic rings. The van der Waals surface area contributed by atoms with Crippen molar-refractivity contribution in [3.63, 3.8) is 0 Å². The first-order valence-electron chi connectivity index (χ1n) is 7.16. The number of benzene rings is 2. The van der Waals surface area contributed by atoms with Gasteiger partial charge in [-0.2, -0.15) is 0 Å². The lowest BCUT2D eigenvalue weighted by atomic mass is 10.2. The molecule has 2 heterocycles. The van der Waals surface area contributed by atoms with E-state index in [1.165, 1.54) is 11.3 Å². The fraction of sp³-hybridized carbons (Fsp3) is 0. The van der Waals surface area contributed by atoms with Gasteiger partial charge in [0.25, 0.3) is 5.13 Å². The average Bonchev–Trinajstić information content (AvgIpc) is 3.17. The van der Waals surface area contributed by atoms with Gasteiger partial charge in [-0.05, 0) is 18.2 Å². The number of aromatic amines is 1. The summed E-state index contributed by atoms with van der Waals surface area (Å²) < 4.78 is 0. The van der Waals surface area contributed by atoms with Gasteiger partial charge in [-0.15, -0.1) is 20.4 Å². The van der Waals surface area contributed by atoms with Gasteiger partial charge in [0.1, 0.15) is 0 Å². The Kier molecular flexibility index (Phi) is 3.64. The molecule has 0 atom stereocenters. The number of aromatic hydroxyl groups is 1. The molecule has 0 saturated heterocycles. The van der Waals surface area contributed by atoms with Gasteiger partial charge in [0, 0.05) is 11.1 Å². The fourth-order valence-corrected chi connectivity index (χ4v) is 2.85. The second-order valence-corrected chi connectivity index (χ2v) is 5.90. The van der Waals surface area contributed by atoms with Gasteiger partial charge >= 0.3 is 0 Å². The molecule has 0 aliphatic heterocycles. The van der Waals surface area contributed by atoms with Crippen molar-refractivity contribution in [1.29, 1.82) is 0 Å². The van der Waals surface area contributed by atoms with Gasteiger partial charge in [-0.25, -0.2) is 0 Å². The Morgan fingerprint density at radius 3 is 2.62 bits per heavy atom. The Morgan fingerprint density at radius 2 is 1.75 bits per heavy atom. The normalized spacial score (nSPS) is 11.3. The van der Waals surface area contributed by atoms with Crippen LogP contribution in [0.2, 0.25) is 0 Å². The standard InChI is InChI=1S/C16H12N6OS/c23-14-13(11-8-4-5-9-12(11)18-14)19-21-16-22-20-15(24-16)17-10-6-2-1-3-7-10/h1-9,18,23H,(H,17,20). The summed E-state index contributed by atoms with van der Waals surface area (Å²) in [7, 11) is 0. The average molecular weight is 336 g/mol. The van der Waals surface area contributed by atoms with E-state index in [-0.39, 0.29) is 5.88 Å². The minimum Gasteiger partial charge on any atom is -0.493 e. The minimum atomic E-state index is -0.0212. The number of H-pyrrole nitrogens is 1. The summed E-state index contributed by atoms with van der Waals surface area (Å²) >= 11 is 1.28. The highest BCUT2D eigenvalue weighted by molar-refractivity contribution is 7.18. The van der Waals surface area contributed by atoms with Crippen LogP contribution in [0.5, 0.6) is 5.88 Å². The first-order valence-corrected chi connectivity index (χ1v) is 7.98. The quantitative estimate of drug-likeness (QED) is 0.462. The number of rotatable bonds is 4. The Hall–Kier alpha value is -3.26. The zero-order valence-corrected chi connectivity index (χ0v) is 13.2. The van der Waals surface area contributed by atoms with Gasteiger partial charge in [-0.1, -0.05) is 47.7 Å². The molecule has 2 aromatic carbocycles. The zero-order chi connectivity index (χ0) is 16.4. The highest BCUT2D eigenvalue weighted by Gasteiger charge is 2.10. The molecule has 0 aliphatic carbocycles. The molecule has 8 heteroatoms. The van der Waals surface area contributed by atoms with Crippen molar-refractivity contribution in [1.82, 2.24) is 15.2 Å². The predicted octanol–water partition coefficient (Wildman–Crippen LogP) is 4.88. The van der Waals surface area contributed by atoms with E-state index >= 15 is 0 Å². The van der Waals surface area contributed by atoms with Crippen molar-refractivity contribution < 1.29 is 5.11 Å². The molecule has 7 nitrogen and oxygen atoms in total. The maximum atomic E-state index is 9.96. The van der Waals surface area contributed by atoms with E-state index in [0.717, 1.165) is 16.6 Å². The monoisotopic (exact) mass is 336 g/mol. The minimum absolute atomic E-state index is 0.0212. The highest BCUT2D eigenvalue weighted by Crippen LogP contribution is 2.36. The number of nitrogens with one attached hydrogen (secondary N) is 2. The van der Waals surface area contributed by atoms with E-state index in [1.54, 1.807) is 0 Å². The lowest BCUT2D eigenvalue weighted by Gasteiger charge is -1.98. The highest BCUT2D eigenvalue weighted by atomic mass is 32.1. The van der Waals surface area contributed by atoms with Crippen molar-refractivity contribution in [3.8, 4) is 5.88 Å². The van der Waals surface area contributed by atoms with Crippen LogP contribution >= 0.6 is 11.3 Å². The smallest absolute Gasteiger partial charge is 0.253 e. The Morgan fingerprint density at radius 1 is 0.958 bits per heavy atom. The van der Waals surface area contributed by atoms with E-state index in [2.05, 4.69) is 30.7 Å². The SMILES string of the molecule is Oc1[nH]c2ccccc2c1N=Nc1nnc(Nc2ccccc2)s1. The number of anilines is 2. The second kappa shape index (κ2) is 6.09. The largest absolute Gasteiger partial charge is 0.493 e. The summed E-state index contributed by atoms with van der Waals surface area (Å²) in [6.45, 7) is 0. The van der Waals surface area contributed by atoms with Crippen LogP contribution in [0, 0.1) is 0 Å². The van der Waals surface area contributed by atoms with Gasteiger partial charge in [0.2, 0.25) is 11.0 Å². The van der Waals surface area contributed by atoms with Crippen LogP contribution in [0.3, 0.4) is 0 Å². The van der Waals surface area contributed by atoms with Gasteiger partial charge in [-0.3, -0.25) is 0 Å². The summed E-state index contributed by atoms with van der Waals surface area (Å²) in [5.41, 5.74) is 2.11. The third kappa shape index (κ3) is 2.82. The molecule has 118 valence electrons. The van der Waals surface area contributed by atoms with Gasteiger partial charge in [0.15, 0.2) is 5.69 Å². The van der Waals surface area contributed by atoms with Crippen molar-refractivity contribution in [2.24, 2.45) is 10.2 Å². The molecular weight excluding hydrogens is 324 g/mol. The molecule has 3 N–H and O–H groups in total. The topological polar surface area (TPSA) is 98.5 Å². The van der Waals surface area contributed by atoms with E-state index in [1.807, 2.05) is 54.6 Å². The molecule has 0 saturated carbocycles. The molecule has 24 heavy (non-hydrogen) atoms. The summed E-state index contributed by atoms with van der Waals surface area (Å²) in [4.78, 5) is 2.86. The molecule has 0 radical (unpaired) electrons. The number of hydrogen-bond donors (Lipinski definition) is 3. The molecule has 0 aliphatic rings. The summed E-state index contributed by atoms with van der Waals surface area (Å²) in [6.07, 6.45) is 0. The lowest BCUT2D eigenvalue weighted by Crippen LogP contribution is -1.87. The van der Waals surface area contributed by atoms with Crippen molar-refractivity contribution in [2.45, 2.75) is 0 Å². The number of fused-ring (bicyclic) bond motifs is 1. The third-order valence-electron chi connectivity index (χ3n) is 3.33. The molecule has 4 rings (SSSR count). The second-order valence-electron chi connectivity index (χ2n) is 4.95. The Bertz CT molecular complexity index is 1010. The number of nitrogens with zero attached hydrogens (tertiary/aromatic N) is 4. The summed E-state index contributed by atoms with van der Waals surface area (Å²) in [5.74, 6) is -0.0212. The first kappa shape index (κ1) is 14.3. The zero-order valence-electron chi connectivity index (χ0n) is 12.3. The van der Waals surface area contributed by atoms with E-state index in [9.17, 15) is 5.11 Å². The van der Waals surface area contributed by atoms with Crippen molar-refractivity contribution in [2.75, 3.05) is 5.32 Å². The maximum absolute atomic E-state index is 9.96. The number of hydrogen-bond acceptors (Lipinski definition) is 7. The number of aromatic nitrogens is 3. The predicted molar refractivity (Wildman–Crippen MR) is 93.8 cm³/mol. The lowest BCUT2D eigenvalue weighted by molar-refractivity contribution is 0.459. The van der Waals surface area contributed by atoms with Crippen LogP contribution in [-0.4, -0.2) is 20.3 Å². The Balaban J connectivity index is 1.57. The van der Waals surface area contributed by atoms with E-state index < -0.39 is 0 Å². The van der Waals surface area contributed by atoms with Gasteiger partial charge in [0.05, 0.1) is 5.52 Å². The van der Waals surface area contributed by atoms with Crippen molar-refractivity contribution >= 4 is 43.9 Å². The molecule has 2 aromatic heterocycles. The molecule has 0 spiro atoms. The molecule has 0 unspecified atom stereocenters. The van der Waals surface area contributed by atoms with Crippen LogP contribution in [0.25, 0.3) is 10.9 Å². The van der Waals surface area contributed by atoms with E-state index in [4.69, 9.17) is 0 Å². The number of azo groups is 1. The van der Waals surface area contributed by atoms with E-state index in [0.29, 0.717) is 16.0 Å². The van der Waals surface area contributed by atoms with Crippen LogP contribution in [-0.2, 0) is 0 Å². The first-order chi connectivity index (χ1) is 11.8. The van der Waals surface area contributed by atoms with Crippen LogP contribution < -0.4 is 5.32 Å². The molecular formula is C16H12N6OS. The summed E-state index contributed by atoms with van der Waals surface area (Å²) in [5, 5.41) is 31.1. The van der Waals surface area contributed by atoms with Gasteiger partial charge < -0.3 is 15.4 Å². The molecule has 0 amide bonds. The van der Waals surface area contributed by atoms with Crippen LogP contribution in [0.15, 0.2) is 64.8 Å². The molecule has 0 fully saturated rings. The summed E-state index contributed by atoms with van der Waals surface area (Å²) in [6, 6.07) is 17.2. The number of para-hydroxylation sites is 2. The maximum Gasteiger partial charge on any atom is 0.253 e. The van der Waals surface area contributed by atoms with Crippen LogP contribution in [0.4, 0.5) is 21.6 Å². The van der Waals surface area contributed by atoms with Crippen LogP contribution in [0.1, 0.15) is 0 Å². The van der Waals surface area contributed by atoms with Crippen molar-refractivity contribution in [3.05, 3.63) is 54.6 Å².